The van der Waals surface area contributed by atoms with E-state index in [0.717, 1.165) is 26.4 Å². The van der Waals surface area contributed by atoms with E-state index in [4.69, 9.17) is 6.42 Å². The molecule has 0 saturated carbocycles. The predicted octanol–water partition coefficient (Wildman–Crippen LogP) is 3.15. The fourth-order valence-corrected chi connectivity index (χ4v) is 3.34. The van der Waals surface area contributed by atoms with Crippen LogP contribution in [0.2, 0.25) is 0 Å². The van der Waals surface area contributed by atoms with E-state index in [1.807, 2.05) is 43.2 Å². The van der Waals surface area contributed by atoms with Gasteiger partial charge in [-0.1, -0.05) is 36.1 Å². The SMILES string of the molecule is C#CC(=O)NCc1ccc(CC#Cc2cc(O)c3nc(C)sc3c2)cc1. The van der Waals surface area contributed by atoms with E-state index >= 15 is 0 Å². The molecule has 1 aromatic heterocycles. The first-order valence-electron chi connectivity index (χ1n) is 7.96. The second kappa shape index (κ2) is 7.74. The molecule has 0 aliphatic heterocycles. The first kappa shape index (κ1) is 17.5. The minimum absolute atomic E-state index is 0.162. The van der Waals surface area contributed by atoms with Crippen molar-refractivity contribution in [2.75, 3.05) is 0 Å². The lowest BCUT2D eigenvalue weighted by atomic mass is 10.1. The van der Waals surface area contributed by atoms with Crippen LogP contribution in [0.3, 0.4) is 0 Å². The largest absolute Gasteiger partial charge is 0.506 e. The number of aryl methyl sites for hydroxylation is 1. The van der Waals surface area contributed by atoms with Crippen molar-refractivity contribution in [2.24, 2.45) is 0 Å². The van der Waals surface area contributed by atoms with Gasteiger partial charge in [0.15, 0.2) is 0 Å². The number of thiazole rings is 1. The summed E-state index contributed by atoms with van der Waals surface area (Å²) in [7, 11) is 0. The molecule has 1 amide bonds. The van der Waals surface area contributed by atoms with E-state index in [9.17, 15) is 9.90 Å². The Morgan fingerprint density at radius 1 is 1.27 bits per heavy atom. The van der Waals surface area contributed by atoms with E-state index < -0.39 is 5.91 Å². The van der Waals surface area contributed by atoms with Crippen LogP contribution in [-0.2, 0) is 17.8 Å². The molecule has 4 nitrogen and oxygen atoms in total. The van der Waals surface area contributed by atoms with Crippen molar-refractivity contribution in [3.05, 3.63) is 58.1 Å². The number of nitrogens with zero attached hydrogens (tertiary/aromatic N) is 1. The summed E-state index contributed by atoms with van der Waals surface area (Å²) >= 11 is 1.54. The van der Waals surface area contributed by atoms with Crippen LogP contribution in [0.25, 0.3) is 10.2 Å². The molecule has 0 unspecified atom stereocenters. The average molecular weight is 360 g/mol. The number of phenolic OH excluding ortho intramolecular Hbond substituents is 1. The van der Waals surface area contributed by atoms with Crippen molar-refractivity contribution in [2.45, 2.75) is 19.9 Å². The number of benzene rings is 2. The second-order valence-electron chi connectivity index (χ2n) is 5.70. The third kappa shape index (κ3) is 4.22. The number of amides is 1. The smallest absolute Gasteiger partial charge is 0.295 e. The molecule has 128 valence electrons. The molecular formula is C21H16N2O2S. The lowest BCUT2D eigenvalue weighted by molar-refractivity contribution is -0.115. The van der Waals surface area contributed by atoms with Gasteiger partial charge in [-0.25, -0.2) is 4.98 Å². The van der Waals surface area contributed by atoms with Crippen LogP contribution in [0.5, 0.6) is 5.75 Å². The normalized spacial score (nSPS) is 10.0. The standard InChI is InChI=1S/C21H16N2O2S/c1-3-20(25)22-13-16-9-7-15(8-10-16)5-4-6-17-11-18(24)21-19(12-17)26-14(2)23-21/h1,7-12,24H,5,13H2,2H3,(H,22,25). The van der Waals surface area contributed by atoms with Crippen LogP contribution >= 0.6 is 11.3 Å². The molecule has 2 N–H and O–H groups in total. The Morgan fingerprint density at radius 3 is 2.73 bits per heavy atom. The molecule has 0 atom stereocenters. The van der Waals surface area contributed by atoms with Gasteiger partial charge in [-0.3, -0.25) is 4.79 Å². The molecule has 3 rings (SSSR count). The molecule has 1 heterocycles. The quantitative estimate of drug-likeness (QED) is 0.706. The molecule has 0 fully saturated rings. The zero-order valence-electron chi connectivity index (χ0n) is 14.2. The van der Waals surface area contributed by atoms with Crippen molar-refractivity contribution in [1.29, 1.82) is 0 Å². The Hall–Kier alpha value is -3.28. The minimum atomic E-state index is -0.420. The maximum Gasteiger partial charge on any atom is 0.295 e. The molecule has 5 heteroatoms. The minimum Gasteiger partial charge on any atom is -0.506 e. The van der Waals surface area contributed by atoms with E-state index in [-0.39, 0.29) is 5.75 Å². The summed E-state index contributed by atoms with van der Waals surface area (Å²) in [5.41, 5.74) is 3.45. The number of aromatic nitrogens is 1. The van der Waals surface area contributed by atoms with E-state index in [0.29, 0.717) is 18.5 Å². The van der Waals surface area contributed by atoms with E-state index in [1.54, 1.807) is 6.07 Å². The molecule has 0 spiro atoms. The van der Waals surface area contributed by atoms with Crippen LogP contribution in [0.4, 0.5) is 0 Å². The molecule has 0 bridgehead atoms. The van der Waals surface area contributed by atoms with Gasteiger partial charge in [0.2, 0.25) is 0 Å². The Labute approximate surface area is 155 Å². The number of aromatic hydroxyl groups is 1. The van der Waals surface area contributed by atoms with Gasteiger partial charge in [0.1, 0.15) is 11.3 Å². The van der Waals surface area contributed by atoms with E-state index in [2.05, 4.69) is 22.1 Å². The monoisotopic (exact) mass is 360 g/mol. The summed E-state index contributed by atoms with van der Waals surface area (Å²) in [6.07, 6.45) is 5.60. The number of hydrogen-bond acceptors (Lipinski definition) is 4. The number of carbonyl (C=O) groups is 1. The maximum atomic E-state index is 11.0. The van der Waals surface area contributed by atoms with Gasteiger partial charge in [0.25, 0.3) is 5.91 Å². The van der Waals surface area contributed by atoms with Crippen molar-refractivity contribution in [1.82, 2.24) is 10.3 Å². The third-order valence-corrected chi connectivity index (χ3v) is 4.63. The number of rotatable bonds is 3. The highest BCUT2D eigenvalue weighted by Gasteiger charge is 2.06. The summed E-state index contributed by atoms with van der Waals surface area (Å²) < 4.78 is 0.935. The first-order chi connectivity index (χ1) is 12.5. The van der Waals surface area contributed by atoms with Crippen molar-refractivity contribution >= 4 is 27.5 Å². The fourth-order valence-electron chi connectivity index (χ4n) is 2.45. The molecule has 3 aromatic rings. The number of carbonyl (C=O) groups excluding carboxylic acids is 1. The summed E-state index contributed by atoms with van der Waals surface area (Å²) in [6, 6.07) is 11.4. The Kier molecular flexibility index (Phi) is 5.22. The highest BCUT2D eigenvalue weighted by molar-refractivity contribution is 7.18. The second-order valence-corrected chi connectivity index (χ2v) is 6.93. The lowest BCUT2D eigenvalue weighted by Gasteiger charge is -2.02. The topological polar surface area (TPSA) is 62.2 Å². The lowest BCUT2D eigenvalue weighted by Crippen LogP contribution is -2.20. The number of nitrogens with one attached hydrogen (secondary N) is 1. The summed E-state index contributed by atoms with van der Waals surface area (Å²) in [6.45, 7) is 2.32. The van der Waals surface area contributed by atoms with Gasteiger partial charge in [-0.2, -0.15) is 0 Å². The van der Waals surface area contributed by atoms with Gasteiger partial charge < -0.3 is 10.4 Å². The zero-order valence-corrected chi connectivity index (χ0v) is 15.0. The van der Waals surface area contributed by atoms with Crippen LogP contribution in [-0.4, -0.2) is 16.0 Å². The van der Waals surface area contributed by atoms with Gasteiger partial charge in [-0.15, -0.1) is 17.8 Å². The van der Waals surface area contributed by atoms with Gasteiger partial charge in [0.05, 0.1) is 9.71 Å². The maximum absolute atomic E-state index is 11.0. The highest BCUT2D eigenvalue weighted by atomic mass is 32.1. The molecule has 0 aliphatic carbocycles. The summed E-state index contributed by atoms with van der Waals surface area (Å²) in [5, 5.41) is 13.6. The van der Waals surface area contributed by atoms with Crippen LogP contribution in [0.15, 0.2) is 36.4 Å². The Bertz CT molecular complexity index is 1060. The number of hydrogen-bond donors (Lipinski definition) is 2. The van der Waals surface area contributed by atoms with Gasteiger partial charge >= 0.3 is 0 Å². The highest BCUT2D eigenvalue weighted by Crippen LogP contribution is 2.30. The van der Waals surface area contributed by atoms with Gasteiger partial charge in [0, 0.05) is 18.5 Å². The van der Waals surface area contributed by atoms with Crippen LogP contribution in [0, 0.1) is 31.1 Å². The number of phenols is 1. The molecule has 2 aromatic carbocycles. The summed E-state index contributed by atoms with van der Waals surface area (Å²) in [5.74, 6) is 7.97. The number of fused-ring (bicyclic) bond motifs is 1. The fraction of sp³-hybridized carbons (Fsp3) is 0.143. The molecule has 0 radical (unpaired) electrons. The molecule has 0 saturated heterocycles. The first-order valence-corrected chi connectivity index (χ1v) is 8.78. The Balaban J connectivity index is 1.66. The molecule has 26 heavy (non-hydrogen) atoms. The van der Waals surface area contributed by atoms with Crippen molar-refractivity contribution in [3.63, 3.8) is 0 Å². The Morgan fingerprint density at radius 2 is 2.00 bits per heavy atom. The third-order valence-electron chi connectivity index (χ3n) is 3.71. The van der Waals surface area contributed by atoms with Crippen LogP contribution < -0.4 is 5.32 Å². The molecule has 0 aliphatic rings. The molecular weight excluding hydrogens is 344 g/mol. The zero-order chi connectivity index (χ0) is 18.5. The summed E-state index contributed by atoms with van der Waals surface area (Å²) in [4.78, 5) is 15.4. The average Bonchev–Trinajstić information content (AvgIpc) is 3.01. The van der Waals surface area contributed by atoms with E-state index in [1.165, 1.54) is 11.3 Å². The van der Waals surface area contributed by atoms with Gasteiger partial charge in [-0.05, 0) is 36.1 Å². The van der Waals surface area contributed by atoms with Crippen molar-refractivity contribution < 1.29 is 9.90 Å². The predicted molar refractivity (Wildman–Crippen MR) is 104 cm³/mol. The van der Waals surface area contributed by atoms with Crippen molar-refractivity contribution in [3.8, 4) is 29.9 Å². The number of terminal acetylenes is 1. The van der Waals surface area contributed by atoms with Crippen LogP contribution in [0.1, 0.15) is 21.7 Å².